The van der Waals surface area contributed by atoms with E-state index in [0.717, 1.165) is 11.1 Å². The summed E-state index contributed by atoms with van der Waals surface area (Å²) < 4.78 is 5.23. The van der Waals surface area contributed by atoms with Crippen LogP contribution in [0.15, 0.2) is 78.4 Å². The Balaban J connectivity index is 1.83. The summed E-state index contributed by atoms with van der Waals surface area (Å²) >= 11 is 0. The Labute approximate surface area is 204 Å². The number of hydrogen-bond donors (Lipinski definition) is 1. The number of nitrogens with zero attached hydrogens (tertiary/aromatic N) is 1. The summed E-state index contributed by atoms with van der Waals surface area (Å²) in [5.41, 5.74) is 3.96. The molecule has 0 bridgehead atoms. The molecule has 1 aliphatic rings. The highest BCUT2D eigenvalue weighted by atomic mass is 16.5. The maximum Gasteiger partial charge on any atom is 0.338 e. The largest absolute Gasteiger partial charge is 0.507 e. The highest BCUT2D eigenvalue weighted by Gasteiger charge is 2.46. The number of esters is 1. The molecule has 6 nitrogen and oxygen atoms in total. The van der Waals surface area contributed by atoms with Crippen LogP contribution in [0.5, 0.6) is 0 Å². The highest BCUT2D eigenvalue weighted by Crippen LogP contribution is 2.42. The lowest BCUT2D eigenvalue weighted by Gasteiger charge is -2.25. The number of ether oxygens (including phenoxy) is 1. The van der Waals surface area contributed by atoms with Crippen molar-refractivity contribution in [3.8, 4) is 0 Å². The van der Waals surface area contributed by atoms with Gasteiger partial charge in [-0.1, -0.05) is 42.5 Å². The van der Waals surface area contributed by atoms with Crippen LogP contribution in [0.4, 0.5) is 5.69 Å². The van der Waals surface area contributed by atoms with Crippen molar-refractivity contribution in [3.63, 3.8) is 0 Å². The minimum Gasteiger partial charge on any atom is -0.507 e. The van der Waals surface area contributed by atoms with Crippen LogP contribution in [-0.4, -0.2) is 28.9 Å². The van der Waals surface area contributed by atoms with E-state index in [-0.39, 0.29) is 17.4 Å². The number of aliphatic hydroxyl groups is 1. The second kappa shape index (κ2) is 9.58. The normalized spacial score (nSPS) is 17.2. The minimum absolute atomic E-state index is 0.0211. The topological polar surface area (TPSA) is 83.9 Å². The van der Waals surface area contributed by atoms with Crippen molar-refractivity contribution in [1.29, 1.82) is 0 Å². The summed E-state index contributed by atoms with van der Waals surface area (Å²) in [4.78, 5) is 40.1. The fraction of sp³-hybridized carbons (Fsp3) is 0.207. The first kappa shape index (κ1) is 24.0. The monoisotopic (exact) mass is 469 g/mol. The van der Waals surface area contributed by atoms with Gasteiger partial charge in [0.1, 0.15) is 5.76 Å². The highest BCUT2D eigenvalue weighted by molar-refractivity contribution is 6.51. The van der Waals surface area contributed by atoms with E-state index in [9.17, 15) is 19.5 Å². The maximum absolute atomic E-state index is 13.3. The Bertz CT molecular complexity index is 1320. The van der Waals surface area contributed by atoms with Crippen LogP contribution in [0.2, 0.25) is 0 Å². The maximum atomic E-state index is 13.3. The smallest absolute Gasteiger partial charge is 0.338 e. The summed E-state index contributed by atoms with van der Waals surface area (Å²) in [6, 6.07) is 20.0. The molecular formula is C29H27NO5. The zero-order valence-corrected chi connectivity index (χ0v) is 20.1. The first-order valence-corrected chi connectivity index (χ1v) is 11.4. The Morgan fingerprint density at radius 1 is 0.886 bits per heavy atom. The van der Waals surface area contributed by atoms with Gasteiger partial charge in [0.2, 0.25) is 0 Å². The number of carbonyl (C=O) groups is 3. The number of benzene rings is 3. The first-order chi connectivity index (χ1) is 16.7. The Morgan fingerprint density at radius 2 is 1.51 bits per heavy atom. The van der Waals surface area contributed by atoms with Crippen molar-refractivity contribution in [3.05, 3.63) is 106 Å². The molecule has 3 aromatic rings. The molecule has 1 atom stereocenters. The summed E-state index contributed by atoms with van der Waals surface area (Å²) in [6.45, 7) is 7.41. The summed E-state index contributed by atoms with van der Waals surface area (Å²) in [5.74, 6) is -2.21. The Kier molecular flexibility index (Phi) is 6.56. The van der Waals surface area contributed by atoms with Gasteiger partial charge in [-0.25, -0.2) is 4.79 Å². The molecule has 1 fully saturated rings. The van der Waals surface area contributed by atoms with Gasteiger partial charge in [-0.3, -0.25) is 14.5 Å². The van der Waals surface area contributed by atoms with Gasteiger partial charge < -0.3 is 9.84 Å². The lowest BCUT2D eigenvalue weighted by Crippen LogP contribution is -2.29. The standard InChI is InChI=1S/C29H27NO5/c1-17(2)35-29(34)21-12-14-23(15-13-21)30-25(20-8-6-5-7-9-20)24(27(32)28(30)33)26(31)22-11-10-18(3)19(4)16-22/h5-17,25,31H,1-4H3/b26-24-. The average Bonchev–Trinajstić information content (AvgIpc) is 3.11. The molecule has 178 valence electrons. The van der Waals surface area contributed by atoms with Crippen LogP contribution in [0.3, 0.4) is 0 Å². The molecule has 1 N–H and O–H groups in total. The van der Waals surface area contributed by atoms with Crippen molar-refractivity contribution >= 4 is 29.1 Å². The van der Waals surface area contributed by atoms with Crippen LogP contribution in [0.25, 0.3) is 5.76 Å². The van der Waals surface area contributed by atoms with Crippen molar-refractivity contribution in [1.82, 2.24) is 0 Å². The van der Waals surface area contributed by atoms with Gasteiger partial charge in [0.05, 0.1) is 23.3 Å². The van der Waals surface area contributed by atoms with Gasteiger partial charge in [-0.15, -0.1) is 0 Å². The molecule has 35 heavy (non-hydrogen) atoms. The number of carbonyl (C=O) groups excluding carboxylic acids is 3. The zero-order chi connectivity index (χ0) is 25.3. The molecule has 0 radical (unpaired) electrons. The van der Waals surface area contributed by atoms with E-state index in [1.165, 1.54) is 4.90 Å². The van der Waals surface area contributed by atoms with Gasteiger partial charge in [0.25, 0.3) is 11.7 Å². The van der Waals surface area contributed by atoms with Crippen LogP contribution in [0, 0.1) is 13.8 Å². The SMILES string of the molecule is Cc1ccc(/C(O)=C2/C(=O)C(=O)N(c3ccc(C(=O)OC(C)C)cc3)C2c2ccccc2)cc1C. The van der Waals surface area contributed by atoms with Gasteiger partial charge in [0, 0.05) is 11.3 Å². The average molecular weight is 470 g/mol. The van der Waals surface area contributed by atoms with E-state index in [0.29, 0.717) is 22.4 Å². The lowest BCUT2D eigenvalue weighted by molar-refractivity contribution is -0.132. The fourth-order valence-corrected chi connectivity index (χ4v) is 4.13. The third-order valence-corrected chi connectivity index (χ3v) is 6.06. The van der Waals surface area contributed by atoms with E-state index >= 15 is 0 Å². The van der Waals surface area contributed by atoms with Crippen molar-refractivity contribution in [2.75, 3.05) is 4.90 Å². The molecule has 4 rings (SSSR count). The molecular weight excluding hydrogens is 442 g/mol. The number of aliphatic hydroxyl groups excluding tert-OH is 1. The van der Waals surface area contributed by atoms with E-state index < -0.39 is 23.7 Å². The predicted molar refractivity (Wildman–Crippen MR) is 134 cm³/mol. The number of hydrogen-bond acceptors (Lipinski definition) is 5. The summed E-state index contributed by atoms with van der Waals surface area (Å²) in [7, 11) is 0. The lowest BCUT2D eigenvalue weighted by atomic mass is 9.94. The molecule has 3 aromatic carbocycles. The Hall–Kier alpha value is -4.19. The minimum atomic E-state index is -0.828. The van der Waals surface area contributed by atoms with Crippen LogP contribution in [-0.2, 0) is 14.3 Å². The van der Waals surface area contributed by atoms with Gasteiger partial charge in [0.15, 0.2) is 0 Å². The molecule has 0 aromatic heterocycles. The van der Waals surface area contributed by atoms with Crippen LogP contribution >= 0.6 is 0 Å². The predicted octanol–water partition coefficient (Wildman–Crippen LogP) is 5.49. The number of amides is 1. The van der Waals surface area contributed by atoms with Crippen molar-refractivity contribution in [2.45, 2.75) is 39.8 Å². The molecule has 1 amide bonds. The number of anilines is 1. The van der Waals surface area contributed by atoms with Gasteiger partial charge in [-0.2, -0.15) is 0 Å². The van der Waals surface area contributed by atoms with Crippen LogP contribution in [0.1, 0.15) is 52.5 Å². The fourth-order valence-electron chi connectivity index (χ4n) is 4.13. The van der Waals surface area contributed by atoms with E-state index in [4.69, 9.17) is 4.74 Å². The van der Waals surface area contributed by atoms with E-state index in [1.807, 2.05) is 50.2 Å². The van der Waals surface area contributed by atoms with Crippen molar-refractivity contribution < 1.29 is 24.2 Å². The molecule has 6 heteroatoms. The third-order valence-electron chi connectivity index (χ3n) is 6.06. The second-order valence-corrected chi connectivity index (χ2v) is 8.88. The summed E-state index contributed by atoms with van der Waals surface area (Å²) in [5, 5.41) is 11.2. The van der Waals surface area contributed by atoms with E-state index in [2.05, 4.69) is 0 Å². The molecule has 0 saturated carbocycles. The number of rotatable bonds is 5. The molecule has 0 aliphatic carbocycles. The second-order valence-electron chi connectivity index (χ2n) is 8.88. The number of ketones is 1. The zero-order valence-electron chi connectivity index (χ0n) is 20.1. The molecule has 1 heterocycles. The summed E-state index contributed by atoms with van der Waals surface area (Å²) in [6.07, 6.45) is -0.261. The quantitative estimate of drug-likeness (QED) is 0.231. The van der Waals surface area contributed by atoms with E-state index in [1.54, 1.807) is 50.2 Å². The molecule has 1 saturated heterocycles. The number of aryl methyl sites for hydroxylation is 2. The molecule has 1 aliphatic heterocycles. The van der Waals surface area contributed by atoms with Crippen LogP contribution < -0.4 is 4.90 Å². The Morgan fingerprint density at radius 3 is 2.11 bits per heavy atom. The van der Waals surface area contributed by atoms with Crippen molar-refractivity contribution in [2.24, 2.45) is 0 Å². The van der Waals surface area contributed by atoms with Gasteiger partial charge >= 0.3 is 5.97 Å². The molecule has 1 unspecified atom stereocenters. The number of Topliss-reactive ketones (excluding diaryl/α,β-unsaturated/α-hetero) is 1. The first-order valence-electron chi connectivity index (χ1n) is 11.4. The van der Waals surface area contributed by atoms with Gasteiger partial charge in [-0.05, 0) is 74.7 Å². The third kappa shape index (κ3) is 4.60. The molecule has 0 spiro atoms.